The van der Waals surface area contributed by atoms with Crippen molar-refractivity contribution in [1.82, 2.24) is 9.88 Å². The van der Waals surface area contributed by atoms with Crippen LogP contribution in [0.3, 0.4) is 0 Å². The molecule has 22 heavy (non-hydrogen) atoms. The Morgan fingerprint density at radius 1 is 1.36 bits per heavy atom. The number of halogens is 1. The van der Waals surface area contributed by atoms with Crippen LogP contribution < -0.4 is 4.90 Å². The maximum Gasteiger partial charge on any atom is 0.410 e. The highest BCUT2D eigenvalue weighted by Crippen LogP contribution is 2.23. The molecule has 0 spiro atoms. The number of anilines is 1. The van der Waals surface area contributed by atoms with Crippen molar-refractivity contribution in [2.45, 2.75) is 46.3 Å². The van der Waals surface area contributed by atoms with Crippen molar-refractivity contribution in [1.29, 1.82) is 0 Å². The van der Waals surface area contributed by atoms with Gasteiger partial charge in [-0.1, -0.05) is 0 Å². The number of carbonyl (C=O) groups excluding carboxylic acids is 1. The zero-order valence-corrected chi connectivity index (χ0v) is 15.5. The molecule has 2 rings (SSSR count). The second-order valence-corrected chi connectivity index (χ2v) is 7.56. The van der Waals surface area contributed by atoms with Crippen molar-refractivity contribution < 1.29 is 9.53 Å². The molecule has 2 heterocycles. The topological polar surface area (TPSA) is 45.7 Å². The number of amides is 1. The number of aromatic nitrogens is 1. The minimum Gasteiger partial charge on any atom is -0.444 e. The lowest BCUT2D eigenvalue weighted by Gasteiger charge is -2.40. The maximum atomic E-state index is 12.2. The fraction of sp³-hybridized carbons (Fsp3) is 0.625. The Balaban J connectivity index is 2.03. The molecule has 1 aliphatic rings. The lowest BCUT2D eigenvalue weighted by atomic mass is 10.2. The molecule has 0 unspecified atom stereocenters. The molecule has 0 saturated carbocycles. The molecular weight excluding hydrogens is 346 g/mol. The van der Waals surface area contributed by atoms with Crippen molar-refractivity contribution in [3.05, 3.63) is 22.3 Å². The van der Waals surface area contributed by atoms with Gasteiger partial charge in [0.1, 0.15) is 11.4 Å². The van der Waals surface area contributed by atoms with Gasteiger partial charge in [-0.25, -0.2) is 9.78 Å². The number of pyridine rings is 1. The third kappa shape index (κ3) is 4.12. The fourth-order valence-electron chi connectivity index (χ4n) is 2.48. The first-order valence-corrected chi connectivity index (χ1v) is 8.34. The lowest BCUT2D eigenvalue weighted by Crippen LogP contribution is -2.54. The van der Waals surface area contributed by atoms with E-state index in [4.69, 9.17) is 4.74 Å². The molecule has 0 aliphatic carbocycles. The predicted octanol–water partition coefficient (Wildman–Crippen LogP) is 3.60. The molecule has 5 nitrogen and oxygen atoms in total. The van der Waals surface area contributed by atoms with Gasteiger partial charge in [0.2, 0.25) is 0 Å². The van der Waals surface area contributed by atoms with E-state index in [-0.39, 0.29) is 12.1 Å². The zero-order chi connectivity index (χ0) is 16.5. The molecule has 1 fully saturated rings. The quantitative estimate of drug-likeness (QED) is 0.758. The molecule has 0 radical (unpaired) electrons. The van der Waals surface area contributed by atoms with Gasteiger partial charge in [0.05, 0.1) is 5.69 Å². The first-order chi connectivity index (χ1) is 10.2. The molecule has 1 amide bonds. The Morgan fingerprint density at radius 3 is 2.59 bits per heavy atom. The minimum absolute atomic E-state index is 0.203. The molecule has 1 aliphatic heterocycles. The van der Waals surface area contributed by atoms with E-state index in [2.05, 4.69) is 32.7 Å². The molecule has 1 atom stereocenters. The van der Waals surface area contributed by atoms with Crippen LogP contribution in [0.2, 0.25) is 0 Å². The summed E-state index contributed by atoms with van der Waals surface area (Å²) in [6, 6.07) is 4.23. The Morgan fingerprint density at radius 2 is 2.05 bits per heavy atom. The number of carbonyl (C=O) groups is 1. The SMILES string of the molecule is Cc1nc(N2CCN(C(=O)OC(C)(C)C)C[C@H]2C)ccc1Br. The second kappa shape index (κ2) is 6.44. The van der Waals surface area contributed by atoms with Crippen LogP contribution in [0.1, 0.15) is 33.4 Å². The minimum atomic E-state index is -0.457. The predicted molar refractivity (Wildman–Crippen MR) is 91.3 cm³/mol. The Bertz CT molecular complexity index is 557. The van der Waals surface area contributed by atoms with Crippen LogP contribution in [0.5, 0.6) is 0 Å². The van der Waals surface area contributed by atoms with Crippen molar-refractivity contribution >= 4 is 27.8 Å². The molecule has 0 N–H and O–H groups in total. The number of ether oxygens (including phenoxy) is 1. The first-order valence-electron chi connectivity index (χ1n) is 7.55. The van der Waals surface area contributed by atoms with Gasteiger partial charge in [0, 0.05) is 30.1 Å². The van der Waals surface area contributed by atoms with Gasteiger partial charge in [-0.2, -0.15) is 0 Å². The largest absolute Gasteiger partial charge is 0.444 e. The number of hydrogen-bond donors (Lipinski definition) is 0. The monoisotopic (exact) mass is 369 g/mol. The summed E-state index contributed by atoms with van der Waals surface area (Å²) in [5.74, 6) is 0.956. The van der Waals surface area contributed by atoms with Gasteiger partial charge in [0.25, 0.3) is 0 Å². The average Bonchev–Trinajstić information content (AvgIpc) is 2.40. The van der Waals surface area contributed by atoms with Gasteiger partial charge in [-0.3, -0.25) is 0 Å². The summed E-state index contributed by atoms with van der Waals surface area (Å²) in [5.41, 5.74) is 0.515. The number of aryl methyl sites for hydroxylation is 1. The normalized spacial score (nSPS) is 19.3. The van der Waals surface area contributed by atoms with E-state index in [1.54, 1.807) is 4.90 Å². The molecule has 6 heteroatoms. The number of hydrogen-bond acceptors (Lipinski definition) is 4. The van der Waals surface area contributed by atoms with Crippen molar-refractivity contribution in [2.75, 3.05) is 24.5 Å². The Labute approximate surface area is 140 Å². The van der Waals surface area contributed by atoms with Crippen LogP contribution in [0, 0.1) is 6.92 Å². The number of nitrogens with zero attached hydrogens (tertiary/aromatic N) is 3. The summed E-state index contributed by atoms with van der Waals surface area (Å²) in [6.07, 6.45) is -0.237. The van der Waals surface area contributed by atoms with E-state index in [0.717, 1.165) is 22.5 Å². The molecule has 1 aromatic heterocycles. The summed E-state index contributed by atoms with van der Waals surface area (Å²) in [7, 11) is 0. The number of piperazine rings is 1. The molecular formula is C16H24BrN3O2. The van der Waals surface area contributed by atoms with Gasteiger partial charge >= 0.3 is 6.09 Å². The smallest absolute Gasteiger partial charge is 0.410 e. The van der Waals surface area contributed by atoms with Crippen LogP contribution in [-0.2, 0) is 4.74 Å². The van der Waals surface area contributed by atoms with E-state index in [1.807, 2.05) is 39.8 Å². The van der Waals surface area contributed by atoms with Gasteiger partial charge < -0.3 is 14.5 Å². The molecule has 122 valence electrons. The third-order valence-electron chi connectivity index (χ3n) is 3.58. The highest BCUT2D eigenvalue weighted by Gasteiger charge is 2.30. The van der Waals surface area contributed by atoms with Gasteiger partial charge in [-0.05, 0) is 62.7 Å². The van der Waals surface area contributed by atoms with Crippen LogP contribution in [0.15, 0.2) is 16.6 Å². The Hall–Kier alpha value is -1.30. The van der Waals surface area contributed by atoms with Crippen LogP contribution >= 0.6 is 15.9 Å². The van der Waals surface area contributed by atoms with E-state index in [1.165, 1.54) is 0 Å². The van der Waals surface area contributed by atoms with Crippen LogP contribution in [-0.4, -0.2) is 47.3 Å². The standard InChI is InChI=1S/C16H24BrN3O2/c1-11-10-19(15(21)22-16(3,4)5)8-9-20(11)14-7-6-13(17)12(2)18-14/h6-7,11H,8-10H2,1-5H3/t11-/m1/s1. The van der Waals surface area contributed by atoms with E-state index < -0.39 is 5.60 Å². The third-order valence-corrected chi connectivity index (χ3v) is 4.42. The first kappa shape index (κ1) is 17.1. The lowest BCUT2D eigenvalue weighted by molar-refractivity contribution is 0.0218. The summed E-state index contributed by atoms with van der Waals surface area (Å²) in [5, 5.41) is 0. The average molecular weight is 370 g/mol. The molecule has 1 saturated heterocycles. The fourth-order valence-corrected chi connectivity index (χ4v) is 2.70. The van der Waals surface area contributed by atoms with E-state index in [0.29, 0.717) is 13.1 Å². The molecule has 1 aromatic rings. The molecule has 0 bridgehead atoms. The highest BCUT2D eigenvalue weighted by atomic mass is 79.9. The van der Waals surface area contributed by atoms with Gasteiger partial charge in [0.15, 0.2) is 0 Å². The van der Waals surface area contributed by atoms with Crippen molar-refractivity contribution in [2.24, 2.45) is 0 Å². The van der Waals surface area contributed by atoms with Gasteiger partial charge in [-0.15, -0.1) is 0 Å². The number of rotatable bonds is 1. The van der Waals surface area contributed by atoms with Crippen LogP contribution in [0.4, 0.5) is 10.6 Å². The summed E-state index contributed by atoms with van der Waals surface area (Å²) >= 11 is 3.47. The van der Waals surface area contributed by atoms with E-state index >= 15 is 0 Å². The summed E-state index contributed by atoms with van der Waals surface area (Å²) < 4.78 is 6.46. The molecule has 0 aromatic carbocycles. The summed E-state index contributed by atoms with van der Waals surface area (Å²) in [6.45, 7) is 11.8. The Kier molecular flexibility index (Phi) is 5.00. The van der Waals surface area contributed by atoms with E-state index in [9.17, 15) is 4.79 Å². The second-order valence-electron chi connectivity index (χ2n) is 6.71. The zero-order valence-electron chi connectivity index (χ0n) is 13.9. The summed E-state index contributed by atoms with van der Waals surface area (Å²) in [4.78, 5) is 20.8. The maximum absolute atomic E-state index is 12.2. The van der Waals surface area contributed by atoms with Crippen LogP contribution in [0.25, 0.3) is 0 Å². The highest BCUT2D eigenvalue weighted by molar-refractivity contribution is 9.10. The van der Waals surface area contributed by atoms with Crippen molar-refractivity contribution in [3.63, 3.8) is 0 Å². The van der Waals surface area contributed by atoms with Crippen molar-refractivity contribution in [3.8, 4) is 0 Å².